The van der Waals surface area contributed by atoms with Gasteiger partial charge < -0.3 is 20.9 Å². The first-order valence-corrected chi connectivity index (χ1v) is 11.7. The van der Waals surface area contributed by atoms with Gasteiger partial charge in [0.1, 0.15) is 6.04 Å². The van der Waals surface area contributed by atoms with E-state index in [4.69, 9.17) is 5.73 Å². The number of piperazine rings is 1. The summed E-state index contributed by atoms with van der Waals surface area (Å²) < 4.78 is 0. The molecule has 3 amide bonds. The number of piperidine rings is 1. The minimum absolute atomic E-state index is 0.0621. The monoisotopic (exact) mass is 450 g/mol. The molecule has 9 nitrogen and oxygen atoms in total. The van der Waals surface area contributed by atoms with Crippen molar-refractivity contribution in [2.24, 2.45) is 11.7 Å². The van der Waals surface area contributed by atoms with Gasteiger partial charge in [-0.05, 0) is 49.8 Å². The summed E-state index contributed by atoms with van der Waals surface area (Å²) in [7, 11) is 1.60. The molecule has 1 aromatic carbocycles. The van der Waals surface area contributed by atoms with Gasteiger partial charge >= 0.3 is 0 Å². The van der Waals surface area contributed by atoms with Crippen molar-refractivity contribution in [2.75, 3.05) is 20.1 Å². The lowest BCUT2D eigenvalue weighted by Gasteiger charge is -2.38. The largest absolute Gasteiger partial charge is 0.355 e. The van der Waals surface area contributed by atoms with E-state index < -0.39 is 6.04 Å². The maximum atomic E-state index is 13.2. The van der Waals surface area contributed by atoms with Gasteiger partial charge in [0, 0.05) is 37.8 Å². The molecule has 3 N–H and O–H groups in total. The third-order valence-corrected chi connectivity index (χ3v) is 7.87. The van der Waals surface area contributed by atoms with Crippen LogP contribution in [-0.4, -0.2) is 82.8 Å². The minimum Gasteiger partial charge on any atom is -0.355 e. The number of likely N-dealkylation sites (tertiary alicyclic amines) is 3. The van der Waals surface area contributed by atoms with E-state index in [0.29, 0.717) is 24.6 Å². The third-order valence-electron chi connectivity index (χ3n) is 7.87. The molecule has 0 unspecified atom stereocenters. The Hall–Kier alpha value is -2.96. The predicted molar refractivity (Wildman–Crippen MR) is 120 cm³/mol. The van der Waals surface area contributed by atoms with Gasteiger partial charge in [-0.1, -0.05) is 12.1 Å². The zero-order valence-electron chi connectivity index (χ0n) is 19.0. The second kappa shape index (κ2) is 8.12. The molecule has 0 spiro atoms. The number of nitriles is 1. The van der Waals surface area contributed by atoms with E-state index in [1.807, 2.05) is 28.9 Å². The molecule has 3 saturated heterocycles. The highest BCUT2D eigenvalue weighted by Crippen LogP contribution is 2.48. The van der Waals surface area contributed by atoms with Crippen molar-refractivity contribution >= 4 is 17.7 Å². The Balaban J connectivity index is 1.21. The van der Waals surface area contributed by atoms with Crippen molar-refractivity contribution in [2.45, 2.75) is 62.4 Å². The Bertz CT molecular complexity index is 1020. The standard InChI is InChI=1S/C24H30N6O3/c1-13(14-3-5-15(6-4-14)22(31)27-2)29-18-9-21(24(29)33)28(11-18)12-19(26)23(32)30-17(10-25)7-16-8-20(16)30/h3-6,13,16-21H,7-9,11-12,26H2,1-2H3,(H,27,31)/t13-,16+,17-,18-,19-,20-,21-/m0/s1. The van der Waals surface area contributed by atoms with Gasteiger partial charge in [-0.2, -0.15) is 5.26 Å². The van der Waals surface area contributed by atoms with Crippen molar-refractivity contribution in [1.29, 1.82) is 5.26 Å². The van der Waals surface area contributed by atoms with Crippen LogP contribution in [0.4, 0.5) is 0 Å². The van der Waals surface area contributed by atoms with Crippen LogP contribution >= 0.6 is 0 Å². The summed E-state index contributed by atoms with van der Waals surface area (Å²) in [6.07, 6.45) is 2.46. The molecule has 1 aliphatic carbocycles. The molecule has 7 atom stereocenters. The highest BCUT2D eigenvalue weighted by atomic mass is 16.2. The molecule has 1 aromatic rings. The summed E-state index contributed by atoms with van der Waals surface area (Å²) in [5.41, 5.74) is 7.86. The first kappa shape index (κ1) is 21.9. The number of benzene rings is 1. The van der Waals surface area contributed by atoms with E-state index in [9.17, 15) is 19.6 Å². The zero-order chi connectivity index (χ0) is 23.4. The lowest BCUT2D eigenvalue weighted by Crippen LogP contribution is -2.57. The molecule has 0 aromatic heterocycles. The number of nitrogens with one attached hydrogen (secondary N) is 1. The molecule has 9 heteroatoms. The summed E-state index contributed by atoms with van der Waals surface area (Å²) in [4.78, 5) is 43.7. The Morgan fingerprint density at radius 3 is 2.61 bits per heavy atom. The van der Waals surface area contributed by atoms with Crippen molar-refractivity contribution in [3.63, 3.8) is 0 Å². The van der Waals surface area contributed by atoms with E-state index in [1.54, 1.807) is 24.1 Å². The molecule has 4 fully saturated rings. The molecule has 174 valence electrons. The van der Waals surface area contributed by atoms with Crippen LogP contribution in [0.1, 0.15) is 48.1 Å². The predicted octanol–water partition coefficient (Wildman–Crippen LogP) is 0.233. The molecule has 33 heavy (non-hydrogen) atoms. The van der Waals surface area contributed by atoms with E-state index >= 15 is 0 Å². The number of rotatable bonds is 6. The Morgan fingerprint density at radius 2 is 1.97 bits per heavy atom. The van der Waals surface area contributed by atoms with Gasteiger partial charge in [0.25, 0.3) is 5.91 Å². The topological polar surface area (TPSA) is 123 Å². The minimum atomic E-state index is -0.726. The summed E-state index contributed by atoms with van der Waals surface area (Å²) in [6.45, 7) is 3.03. The van der Waals surface area contributed by atoms with Crippen LogP contribution in [0.5, 0.6) is 0 Å². The average Bonchev–Trinajstić information content (AvgIpc) is 3.15. The zero-order valence-corrected chi connectivity index (χ0v) is 19.0. The quantitative estimate of drug-likeness (QED) is 0.640. The first-order chi connectivity index (χ1) is 15.8. The van der Waals surface area contributed by atoms with Gasteiger partial charge in [-0.3, -0.25) is 19.3 Å². The summed E-state index contributed by atoms with van der Waals surface area (Å²) in [6, 6.07) is 8.38. The average molecular weight is 451 g/mol. The summed E-state index contributed by atoms with van der Waals surface area (Å²) in [5.74, 6) is 0.213. The molecule has 0 radical (unpaired) electrons. The van der Waals surface area contributed by atoms with Gasteiger partial charge in [-0.15, -0.1) is 0 Å². The Morgan fingerprint density at radius 1 is 1.24 bits per heavy atom. The SMILES string of the molecule is CNC(=O)c1ccc([C@H](C)N2C(=O)[C@@H]3C[C@H]2CN3C[C@H](N)C(=O)N2[C@H](C#N)C[C@@H]3C[C@@H]32)cc1. The van der Waals surface area contributed by atoms with Crippen LogP contribution in [0.3, 0.4) is 0 Å². The van der Waals surface area contributed by atoms with Crippen LogP contribution in [0.15, 0.2) is 24.3 Å². The second-order valence-electron chi connectivity index (χ2n) is 9.78. The van der Waals surface area contributed by atoms with Crippen molar-refractivity contribution in [3.8, 4) is 6.07 Å². The first-order valence-electron chi connectivity index (χ1n) is 11.7. The van der Waals surface area contributed by atoms with Gasteiger partial charge in [0.15, 0.2) is 0 Å². The fourth-order valence-corrected chi connectivity index (χ4v) is 6.03. The smallest absolute Gasteiger partial charge is 0.251 e. The normalized spacial score (nSPS) is 31.8. The molecule has 4 aliphatic rings. The molecular weight excluding hydrogens is 420 g/mol. The summed E-state index contributed by atoms with van der Waals surface area (Å²) in [5, 5.41) is 12.0. The number of fused-ring (bicyclic) bond motifs is 3. The molecule has 3 aliphatic heterocycles. The maximum absolute atomic E-state index is 13.2. The van der Waals surface area contributed by atoms with Crippen molar-refractivity contribution in [3.05, 3.63) is 35.4 Å². The van der Waals surface area contributed by atoms with E-state index in [0.717, 1.165) is 24.8 Å². The fraction of sp³-hybridized carbons (Fsp3) is 0.583. The number of hydrogen-bond acceptors (Lipinski definition) is 6. The number of carbonyl (C=O) groups excluding carboxylic acids is 3. The van der Waals surface area contributed by atoms with E-state index in [1.165, 1.54) is 0 Å². The molecule has 3 heterocycles. The van der Waals surface area contributed by atoms with Crippen LogP contribution in [0, 0.1) is 17.2 Å². The van der Waals surface area contributed by atoms with E-state index in [-0.39, 0.29) is 47.9 Å². The van der Waals surface area contributed by atoms with Crippen molar-refractivity contribution in [1.82, 2.24) is 20.0 Å². The maximum Gasteiger partial charge on any atom is 0.251 e. The third kappa shape index (κ3) is 3.58. The molecular formula is C24H30N6O3. The highest BCUT2D eigenvalue weighted by molar-refractivity contribution is 5.94. The number of amides is 3. The van der Waals surface area contributed by atoms with Crippen LogP contribution < -0.4 is 11.1 Å². The molecule has 5 rings (SSSR count). The fourth-order valence-electron chi connectivity index (χ4n) is 6.03. The summed E-state index contributed by atoms with van der Waals surface area (Å²) >= 11 is 0. The lowest BCUT2D eigenvalue weighted by molar-refractivity contribution is -0.141. The lowest BCUT2D eigenvalue weighted by atomic mass is 10.0. The molecule has 2 bridgehead atoms. The Kier molecular flexibility index (Phi) is 5.38. The van der Waals surface area contributed by atoms with Gasteiger partial charge in [0.2, 0.25) is 11.8 Å². The van der Waals surface area contributed by atoms with Crippen molar-refractivity contribution < 1.29 is 14.4 Å². The number of nitrogens with zero attached hydrogens (tertiary/aromatic N) is 4. The highest BCUT2D eigenvalue weighted by Gasteiger charge is 2.56. The molecule has 1 saturated carbocycles. The number of hydrogen-bond donors (Lipinski definition) is 2. The van der Waals surface area contributed by atoms with Crippen LogP contribution in [-0.2, 0) is 9.59 Å². The van der Waals surface area contributed by atoms with Gasteiger partial charge in [-0.25, -0.2) is 0 Å². The van der Waals surface area contributed by atoms with E-state index in [2.05, 4.69) is 11.4 Å². The van der Waals surface area contributed by atoms with Crippen LogP contribution in [0.2, 0.25) is 0 Å². The Labute approximate surface area is 193 Å². The number of carbonyl (C=O) groups is 3. The van der Waals surface area contributed by atoms with Gasteiger partial charge in [0.05, 0.1) is 24.2 Å². The van der Waals surface area contributed by atoms with Crippen LogP contribution in [0.25, 0.3) is 0 Å². The second-order valence-corrected chi connectivity index (χ2v) is 9.78. The number of nitrogens with two attached hydrogens (primary N) is 1.